The summed E-state index contributed by atoms with van der Waals surface area (Å²) in [7, 11) is 0. The molecule has 3 unspecified atom stereocenters. The Kier molecular flexibility index (Phi) is 1.18. The summed E-state index contributed by atoms with van der Waals surface area (Å²) in [5.41, 5.74) is 0. The molecule has 0 N–H and O–H groups in total. The quantitative estimate of drug-likeness (QED) is 0.612. The molecule has 3 saturated carbocycles. The van der Waals surface area contributed by atoms with Gasteiger partial charge in [0.05, 0.1) is 13.2 Å². The van der Waals surface area contributed by atoms with Crippen molar-refractivity contribution in [3.05, 3.63) is 0 Å². The highest BCUT2D eigenvalue weighted by Gasteiger charge is 2.70. The Balaban J connectivity index is 1.60. The highest BCUT2D eigenvalue weighted by Crippen LogP contribution is 2.70. The normalized spacial score (nSPS) is 51.2. The van der Waals surface area contributed by atoms with Crippen molar-refractivity contribution in [1.29, 1.82) is 0 Å². The first-order chi connectivity index (χ1) is 6.41. The number of hydrogen-bond donors (Lipinski definition) is 0. The van der Waals surface area contributed by atoms with Crippen LogP contribution in [0.15, 0.2) is 0 Å². The van der Waals surface area contributed by atoms with Crippen LogP contribution in [0.25, 0.3) is 0 Å². The van der Waals surface area contributed by atoms with Crippen molar-refractivity contribution in [3.8, 4) is 0 Å². The van der Waals surface area contributed by atoms with Crippen LogP contribution in [-0.2, 0) is 9.47 Å². The van der Waals surface area contributed by atoms with Crippen molar-refractivity contribution in [3.63, 3.8) is 0 Å². The van der Waals surface area contributed by atoms with Crippen LogP contribution in [0.1, 0.15) is 25.7 Å². The molecule has 0 radical (unpaired) electrons. The minimum atomic E-state index is -0.0854. The van der Waals surface area contributed by atoms with E-state index in [0.29, 0.717) is 0 Å². The summed E-state index contributed by atoms with van der Waals surface area (Å²) in [6.07, 6.45) is 5.50. The third-order valence-corrected chi connectivity index (χ3v) is 4.51. The van der Waals surface area contributed by atoms with E-state index in [9.17, 15) is 0 Å². The van der Waals surface area contributed by atoms with Crippen LogP contribution in [0.4, 0.5) is 0 Å². The molecule has 3 aliphatic carbocycles. The molecular formula is C11H16O2. The van der Waals surface area contributed by atoms with E-state index in [-0.39, 0.29) is 5.79 Å². The minimum absolute atomic E-state index is 0.0854. The first kappa shape index (κ1) is 7.24. The molecule has 3 atom stereocenters. The summed E-state index contributed by atoms with van der Waals surface area (Å²) in [5.74, 6) is 3.73. The molecule has 1 saturated heterocycles. The summed E-state index contributed by atoms with van der Waals surface area (Å²) < 4.78 is 11.7. The third-order valence-electron chi connectivity index (χ3n) is 4.51. The van der Waals surface area contributed by atoms with Gasteiger partial charge in [0.15, 0.2) is 5.79 Å². The van der Waals surface area contributed by atoms with Gasteiger partial charge in [0, 0.05) is 12.3 Å². The molecule has 1 aliphatic heterocycles. The molecule has 4 fully saturated rings. The zero-order valence-electron chi connectivity index (χ0n) is 7.87. The maximum Gasteiger partial charge on any atom is 0.171 e. The fourth-order valence-electron chi connectivity index (χ4n) is 3.86. The molecule has 2 heteroatoms. The van der Waals surface area contributed by atoms with Crippen molar-refractivity contribution < 1.29 is 9.47 Å². The summed E-state index contributed by atoms with van der Waals surface area (Å²) in [4.78, 5) is 0. The predicted octanol–water partition coefficient (Wildman–Crippen LogP) is 1.80. The van der Waals surface area contributed by atoms with Crippen LogP contribution >= 0.6 is 0 Å². The molecule has 4 rings (SSSR count). The lowest BCUT2D eigenvalue weighted by Crippen LogP contribution is -2.31. The minimum Gasteiger partial charge on any atom is -0.347 e. The number of fused-ring (bicyclic) bond motifs is 2. The van der Waals surface area contributed by atoms with Gasteiger partial charge in [-0.15, -0.1) is 0 Å². The van der Waals surface area contributed by atoms with E-state index in [1.807, 2.05) is 0 Å². The fraction of sp³-hybridized carbons (Fsp3) is 1.00. The van der Waals surface area contributed by atoms with E-state index in [1.54, 1.807) is 0 Å². The second-order valence-corrected chi connectivity index (χ2v) is 5.15. The van der Waals surface area contributed by atoms with Crippen molar-refractivity contribution in [1.82, 2.24) is 0 Å². The van der Waals surface area contributed by atoms with Crippen LogP contribution in [0.2, 0.25) is 0 Å². The van der Waals surface area contributed by atoms with Gasteiger partial charge in [-0.3, -0.25) is 0 Å². The zero-order chi connectivity index (χ0) is 8.47. The smallest absolute Gasteiger partial charge is 0.171 e. The number of hydrogen-bond acceptors (Lipinski definition) is 2. The highest BCUT2D eigenvalue weighted by molar-refractivity contribution is 5.15. The molecule has 0 amide bonds. The van der Waals surface area contributed by atoms with Crippen molar-refractivity contribution in [2.24, 2.45) is 23.7 Å². The standard InChI is InChI=1S/C11H16O2/c1-2-7(1)9-8-3-4-11(10(8)9)12-5-6-13-11/h7-10H,1-6H2. The van der Waals surface area contributed by atoms with Crippen molar-refractivity contribution >= 4 is 0 Å². The molecule has 0 aromatic carbocycles. The Morgan fingerprint density at radius 2 is 1.77 bits per heavy atom. The molecule has 2 nitrogen and oxygen atoms in total. The lowest BCUT2D eigenvalue weighted by atomic mass is 10.0. The van der Waals surface area contributed by atoms with Crippen LogP contribution in [0.3, 0.4) is 0 Å². The average Bonchev–Trinajstić information content (AvgIpc) is 3.02. The Bertz CT molecular complexity index is 235. The summed E-state index contributed by atoms with van der Waals surface area (Å²) in [5, 5.41) is 0. The summed E-state index contributed by atoms with van der Waals surface area (Å²) in [6, 6.07) is 0. The Hall–Kier alpha value is -0.0800. The van der Waals surface area contributed by atoms with E-state index in [0.717, 1.165) is 36.9 Å². The first-order valence-corrected chi connectivity index (χ1v) is 5.69. The van der Waals surface area contributed by atoms with E-state index in [4.69, 9.17) is 9.47 Å². The van der Waals surface area contributed by atoms with Gasteiger partial charge >= 0.3 is 0 Å². The van der Waals surface area contributed by atoms with Gasteiger partial charge in [0.25, 0.3) is 0 Å². The molecule has 0 aromatic rings. The molecule has 72 valence electrons. The van der Waals surface area contributed by atoms with Gasteiger partial charge < -0.3 is 9.47 Å². The van der Waals surface area contributed by atoms with Crippen molar-refractivity contribution in [2.45, 2.75) is 31.5 Å². The van der Waals surface area contributed by atoms with Gasteiger partial charge in [-0.05, 0) is 37.0 Å². The van der Waals surface area contributed by atoms with E-state index in [1.165, 1.54) is 25.7 Å². The van der Waals surface area contributed by atoms with Crippen LogP contribution in [0.5, 0.6) is 0 Å². The first-order valence-electron chi connectivity index (χ1n) is 5.69. The van der Waals surface area contributed by atoms with Gasteiger partial charge in [0.1, 0.15) is 0 Å². The highest BCUT2D eigenvalue weighted by atomic mass is 16.7. The molecule has 1 heterocycles. The molecule has 13 heavy (non-hydrogen) atoms. The van der Waals surface area contributed by atoms with Crippen LogP contribution in [0, 0.1) is 23.7 Å². The van der Waals surface area contributed by atoms with Crippen LogP contribution in [-0.4, -0.2) is 19.0 Å². The summed E-state index contributed by atoms with van der Waals surface area (Å²) >= 11 is 0. The van der Waals surface area contributed by atoms with Gasteiger partial charge in [0.2, 0.25) is 0 Å². The van der Waals surface area contributed by atoms with E-state index in [2.05, 4.69) is 0 Å². The Morgan fingerprint density at radius 3 is 2.46 bits per heavy atom. The van der Waals surface area contributed by atoms with Crippen LogP contribution < -0.4 is 0 Å². The SMILES string of the molecule is C1COC2(CCC3C(C4CC4)C32)O1. The third kappa shape index (κ3) is 0.816. The lowest BCUT2D eigenvalue weighted by Gasteiger charge is -2.25. The second-order valence-electron chi connectivity index (χ2n) is 5.15. The average molecular weight is 180 g/mol. The van der Waals surface area contributed by atoms with Crippen molar-refractivity contribution in [2.75, 3.05) is 13.2 Å². The molecule has 1 spiro atoms. The monoisotopic (exact) mass is 180 g/mol. The van der Waals surface area contributed by atoms with E-state index >= 15 is 0 Å². The van der Waals surface area contributed by atoms with Gasteiger partial charge in [-0.1, -0.05) is 0 Å². The molecule has 0 bridgehead atoms. The zero-order valence-corrected chi connectivity index (χ0v) is 7.87. The topological polar surface area (TPSA) is 18.5 Å². The Morgan fingerprint density at radius 1 is 1.00 bits per heavy atom. The largest absolute Gasteiger partial charge is 0.347 e. The number of rotatable bonds is 1. The fourth-order valence-corrected chi connectivity index (χ4v) is 3.86. The molecule has 0 aromatic heterocycles. The lowest BCUT2D eigenvalue weighted by molar-refractivity contribution is -0.171. The second kappa shape index (κ2) is 2.12. The van der Waals surface area contributed by atoms with Gasteiger partial charge in [-0.2, -0.15) is 0 Å². The Labute approximate surface area is 78.6 Å². The summed E-state index contributed by atoms with van der Waals surface area (Å²) in [6.45, 7) is 1.67. The van der Waals surface area contributed by atoms with Gasteiger partial charge in [-0.25, -0.2) is 0 Å². The predicted molar refractivity (Wildman–Crippen MR) is 47.1 cm³/mol. The maximum absolute atomic E-state index is 5.84. The van der Waals surface area contributed by atoms with E-state index < -0.39 is 0 Å². The number of ether oxygens (including phenoxy) is 2. The maximum atomic E-state index is 5.84. The molecule has 4 aliphatic rings. The molecular weight excluding hydrogens is 164 g/mol.